The Morgan fingerprint density at radius 3 is 1.82 bits per heavy atom. The molecule has 11 heavy (non-hydrogen) atoms. The zero-order valence-corrected chi connectivity index (χ0v) is 8.64. The monoisotopic (exact) mass is 159 g/mol. The highest BCUT2D eigenvalue weighted by Gasteiger charge is 2.18. The first-order valence-electron chi connectivity index (χ1n) is 4.21. The average Bonchev–Trinajstić information content (AvgIpc) is 1.80. The summed E-state index contributed by atoms with van der Waals surface area (Å²) < 4.78 is 5.77. The zero-order chi connectivity index (χ0) is 9.07. The minimum absolute atomic E-state index is 0.0368. The van der Waals surface area contributed by atoms with Crippen molar-refractivity contribution in [3.63, 3.8) is 0 Å². The molecule has 1 unspecified atom stereocenters. The Balaban J connectivity index is 3.88. The third-order valence-electron chi connectivity index (χ3n) is 1.41. The molecule has 0 spiro atoms. The molecule has 1 atom stereocenters. The van der Waals surface area contributed by atoms with Crippen LogP contribution in [0.3, 0.4) is 0 Å². The quantitative estimate of drug-likeness (QED) is 0.585. The molecular formula is C9H21NO. The third kappa shape index (κ3) is 5.22. The van der Waals surface area contributed by atoms with Crippen molar-refractivity contribution >= 4 is 0 Å². The smallest absolute Gasteiger partial charge is 0.110 e. The van der Waals surface area contributed by atoms with Crippen molar-refractivity contribution < 1.29 is 4.74 Å². The molecule has 0 aliphatic rings. The van der Waals surface area contributed by atoms with Crippen LogP contribution in [0.15, 0.2) is 0 Å². The molecule has 0 aromatic heterocycles. The summed E-state index contributed by atoms with van der Waals surface area (Å²) in [5, 5.41) is 0. The van der Waals surface area contributed by atoms with Crippen LogP contribution >= 0.6 is 0 Å². The second-order valence-corrected chi connectivity index (χ2v) is 4.06. The molecule has 0 aliphatic carbocycles. The summed E-state index contributed by atoms with van der Waals surface area (Å²) in [5.41, 5.74) is -0.0368. The fourth-order valence-corrected chi connectivity index (χ4v) is 0.962. The first-order chi connectivity index (χ1) is 4.87. The summed E-state index contributed by atoms with van der Waals surface area (Å²) >= 11 is 0. The van der Waals surface area contributed by atoms with Gasteiger partial charge in [0.25, 0.3) is 0 Å². The lowest BCUT2D eigenvalue weighted by Crippen LogP contribution is -2.36. The van der Waals surface area contributed by atoms with Crippen LogP contribution in [0.1, 0.15) is 34.1 Å². The van der Waals surface area contributed by atoms with Gasteiger partial charge in [0, 0.05) is 0 Å². The van der Waals surface area contributed by atoms with Crippen molar-refractivity contribution in [2.45, 2.75) is 45.9 Å². The Hall–Kier alpha value is -0.0800. The topological polar surface area (TPSA) is 12.5 Å². The maximum atomic E-state index is 5.77. The summed E-state index contributed by atoms with van der Waals surface area (Å²) in [6.07, 6.45) is 1.28. The van der Waals surface area contributed by atoms with Gasteiger partial charge in [-0.1, -0.05) is 6.92 Å². The third-order valence-corrected chi connectivity index (χ3v) is 1.41. The molecule has 0 bridgehead atoms. The normalized spacial score (nSPS) is 15.5. The molecule has 0 amide bonds. The highest BCUT2D eigenvalue weighted by atomic mass is 16.5. The Morgan fingerprint density at radius 1 is 1.27 bits per heavy atom. The average molecular weight is 159 g/mol. The molecule has 0 aromatic rings. The van der Waals surface area contributed by atoms with Crippen LogP contribution in [0.25, 0.3) is 0 Å². The molecular weight excluding hydrogens is 138 g/mol. The first kappa shape index (κ1) is 10.9. The number of rotatable bonds is 3. The van der Waals surface area contributed by atoms with Gasteiger partial charge in [0.2, 0.25) is 0 Å². The van der Waals surface area contributed by atoms with Gasteiger partial charge >= 0.3 is 0 Å². The number of hydrogen-bond donors (Lipinski definition) is 0. The molecule has 0 aliphatic heterocycles. The van der Waals surface area contributed by atoms with Gasteiger partial charge in [0.15, 0.2) is 0 Å². The largest absolute Gasteiger partial charge is 0.358 e. The van der Waals surface area contributed by atoms with Crippen LogP contribution in [0, 0.1) is 0 Å². The van der Waals surface area contributed by atoms with Crippen LogP contribution in [0.4, 0.5) is 0 Å². The van der Waals surface area contributed by atoms with E-state index in [4.69, 9.17) is 4.74 Å². The van der Waals surface area contributed by atoms with E-state index in [1.54, 1.807) is 0 Å². The molecule has 0 N–H and O–H groups in total. The van der Waals surface area contributed by atoms with Crippen molar-refractivity contribution in [2.75, 3.05) is 14.1 Å². The predicted octanol–water partition coefficient (Wildman–Crippen LogP) is 2.10. The maximum Gasteiger partial charge on any atom is 0.110 e. The Labute approximate surface area is 70.5 Å². The molecule has 2 heteroatoms. The summed E-state index contributed by atoms with van der Waals surface area (Å²) in [6.45, 7) is 8.38. The standard InChI is InChI=1S/C9H21NO/c1-7-8(10(5)6)11-9(2,3)4/h8H,7H2,1-6H3. The molecule has 0 saturated carbocycles. The summed E-state index contributed by atoms with van der Waals surface area (Å²) in [6, 6.07) is 0. The van der Waals surface area contributed by atoms with Crippen LogP contribution in [-0.4, -0.2) is 30.8 Å². The molecule has 0 heterocycles. The fourth-order valence-electron chi connectivity index (χ4n) is 0.962. The van der Waals surface area contributed by atoms with E-state index < -0.39 is 0 Å². The second kappa shape index (κ2) is 4.07. The van der Waals surface area contributed by atoms with Crippen LogP contribution in [-0.2, 0) is 4.74 Å². The molecule has 0 saturated heterocycles. The SMILES string of the molecule is CCC(OC(C)(C)C)N(C)C. The summed E-state index contributed by atoms with van der Waals surface area (Å²) in [4.78, 5) is 2.10. The van der Waals surface area contributed by atoms with Crippen LogP contribution in [0.5, 0.6) is 0 Å². The maximum absolute atomic E-state index is 5.77. The zero-order valence-electron chi connectivity index (χ0n) is 8.64. The highest BCUT2D eigenvalue weighted by Crippen LogP contribution is 2.13. The minimum atomic E-state index is -0.0368. The van der Waals surface area contributed by atoms with E-state index in [1.807, 2.05) is 14.1 Å². The van der Waals surface area contributed by atoms with E-state index >= 15 is 0 Å². The van der Waals surface area contributed by atoms with Gasteiger partial charge in [0.1, 0.15) is 6.23 Å². The van der Waals surface area contributed by atoms with Crippen LogP contribution < -0.4 is 0 Å². The van der Waals surface area contributed by atoms with Gasteiger partial charge in [-0.15, -0.1) is 0 Å². The Morgan fingerprint density at radius 2 is 1.73 bits per heavy atom. The fraction of sp³-hybridized carbons (Fsp3) is 1.00. The van der Waals surface area contributed by atoms with Crippen molar-refractivity contribution in [3.8, 4) is 0 Å². The van der Waals surface area contributed by atoms with E-state index in [-0.39, 0.29) is 11.8 Å². The molecule has 0 radical (unpaired) electrons. The Kier molecular flexibility index (Phi) is 4.04. The van der Waals surface area contributed by atoms with Crippen molar-refractivity contribution in [1.29, 1.82) is 0 Å². The predicted molar refractivity (Wildman–Crippen MR) is 48.6 cm³/mol. The van der Waals surface area contributed by atoms with Gasteiger partial charge in [-0.25, -0.2) is 0 Å². The van der Waals surface area contributed by atoms with Gasteiger partial charge < -0.3 is 4.74 Å². The van der Waals surface area contributed by atoms with Gasteiger partial charge in [0.05, 0.1) is 5.60 Å². The highest BCUT2D eigenvalue weighted by molar-refractivity contribution is 4.63. The van der Waals surface area contributed by atoms with Crippen molar-refractivity contribution in [3.05, 3.63) is 0 Å². The van der Waals surface area contributed by atoms with Crippen molar-refractivity contribution in [2.24, 2.45) is 0 Å². The Bertz CT molecular complexity index is 105. The van der Waals surface area contributed by atoms with Crippen LogP contribution in [0.2, 0.25) is 0 Å². The summed E-state index contributed by atoms with van der Waals surface area (Å²) in [7, 11) is 4.08. The lowest BCUT2D eigenvalue weighted by atomic mass is 10.2. The molecule has 68 valence electrons. The van der Waals surface area contributed by atoms with E-state index in [2.05, 4.69) is 32.6 Å². The van der Waals surface area contributed by atoms with E-state index in [9.17, 15) is 0 Å². The minimum Gasteiger partial charge on any atom is -0.358 e. The lowest BCUT2D eigenvalue weighted by molar-refractivity contribution is -0.119. The molecule has 2 nitrogen and oxygen atoms in total. The number of hydrogen-bond acceptors (Lipinski definition) is 2. The number of nitrogens with zero attached hydrogens (tertiary/aromatic N) is 1. The molecule has 0 rings (SSSR count). The second-order valence-electron chi connectivity index (χ2n) is 4.06. The number of ether oxygens (including phenoxy) is 1. The van der Waals surface area contributed by atoms with E-state index in [1.165, 1.54) is 0 Å². The lowest BCUT2D eigenvalue weighted by Gasteiger charge is -2.31. The van der Waals surface area contributed by atoms with Gasteiger partial charge in [-0.2, -0.15) is 0 Å². The van der Waals surface area contributed by atoms with E-state index in [0.29, 0.717) is 0 Å². The summed E-state index contributed by atoms with van der Waals surface area (Å²) in [5.74, 6) is 0. The molecule has 0 aromatic carbocycles. The van der Waals surface area contributed by atoms with E-state index in [0.717, 1.165) is 6.42 Å². The van der Waals surface area contributed by atoms with Gasteiger partial charge in [-0.3, -0.25) is 4.90 Å². The van der Waals surface area contributed by atoms with Crippen molar-refractivity contribution in [1.82, 2.24) is 4.90 Å². The van der Waals surface area contributed by atoms with Gasteiger partial charge in [-0.05, 0) is 41.3 Å². The first-order valence-corrected chi connectivity index (χ1v) is 4.21. The molecule has 0 fully saturated rings.